The molecule has 0 aliphatic carbocycles. The largest absolute Gasteiger partial charge is 0.380 e. The van der Waals surface area contributed by atoms with E-state index < -0.39 is 15.0 Å². The minimum atomic E-state index is -4.04. The predicted octanol–water partition coefficient (Wildman–Crippen LogP) is 1.15. The highest BCUT2D eigenvalue weighted by Gasteiger charge is 2.32. The zero-order valence-corrected chi connectivity index (χ0v) is 13.5. The monoisotopic (exact) mass is 335 g/mol. The molecule has 0 radical (unpaired) electrons. The van der Waals surface area contributed by atoms with Gasteiger partial charge in [-0.05, 0) is 19.3 Å². The molecule has 21 heavy (non-hydrogen) atoms. The number of nitrogens with one attached hydrogen (secondary N) is 1. The summed E-state index contributed by atoms with van der Waals surface area (Å²) in [6.45, 7) is 2.73. The van der Waals surface area contributed by atoms with E-state index >= 15 is 0 Å². The highest BCUT2D eigenvalue weighted by molar-refractivity contribution is 8.13. The van der Waals surface area contributed by atoms with Gasteiger partial charge >= 0.3 is 0 Å². The summed E-state index contributed by atoms with van der Waals surface area (Å²) in [5.41, 5.74) is 0.201. The summed E-state index contributed by atoms with van der Waals surface area (Å²) in [6, 6.07) is 0. The molecule has 1 atom stereocenters. The molecule has 1 aliphatic rings. The van der Waals surface area contributed by atoms with Crippen LogP contribution in [0.15, 0.2) is 4.90 Å². The van der Waals surface area contributed by atoms with Crippen molar-refractivity contribution >= 4 is 25.6 Å². The molecule has 1 N–H and O–H groups in total. The molecule has 1 fully saturated rings. The minimum absolute atomic E-state index is 0.0386. The van der Waals surface area contributed by atoms with Crippen molar-refractivity contribution in [2.75, 3.05) is 20.2 Å². The van der Waals surface area contributed by atoms with Crippen LogP contribution in [0.1, 0.15) is 35.9 Å². The predicted molar refractivity (Wildman–Crippen MR) is 76.9 cm³/mol. The number of rotatable bonds is 4. The fraction of sp³-hybridized carbons (Fsp3) is 0.667. The third-order valence-corrected chi connectivity index (χ3v) is 4.98. The van der Waals surface area contributed by atoms with Crippen molar-refractivity contribution < 1.29 is 17.9 Å². The SMILES string of the molecule is CCc1[nH]nc(C(=O)N2CCCC(OC)C2)c1S(=O)(=O)Cl. The molecule has 2 heterocycles. The fourth-order valence-corrected chi connectivity index (χ4v) is 3.83. The van der Waals surface area contributed by atoms with Crippen LogP contribution in [0, 0.1) is 0 Å². The molecule has 1 unspecified atom stereocenters. The molecule has 2 rings (SSSR count). The van der Waals surface area contributed by atoms with Crippen LogP contribution in [0.5, 0.6) is 0 Å². The summed E-state index contributed by atoms with van der Waals surface area (Å²) in [5, 5.41) is 6.44. The number of hydrogen-bond donors (Lipinski definition) is 1. The second kappa shape index (κ2) is 6.33. The lowest BCUT2D eigenvalue weighted by Gasteiger charge is -2.31. The van der Waals surface area contributed by atoms with Gasteiger partial charge in [0, 0.05) is 30.9 Å². The Bertz CT molecular complexity index is 628. The molecular weight excluding hydrogens is 318 g/mol. The van der Waals surface area contributed by atoms with Gasteiger partial charge in [0.25, 0.3) is 15.0 Å². The van der Waals surface area contributed by atoms with Gasteiger partial charge in [-0.3, -0.25) is 9.89 Å². The maximum Gasteiger partial charge on any atom is 0.275 e. The number of methoxy groups -OCH3 is 1. The highest BCUT2D eigenvalue weighted by atomic mass is 35.7. The van der Waals surface area contributed by atoms with Gasteiger partial charge in [-0.25, -0.2) is 8.42 Å². The first-order valence-electron chi connectivity index (χ1n) is 6.72. The van der Waals surface area contributed by atoms with E-state index in [1.54, 1.807) is 18.9 Å². The molecule has 0 saturated carbocycles. The van der Waals surface area contributed by atoms with Crippen LogP contribution < -0.4 is 0 Å². The van der Waals surface area contributed by atoms with Crippen molar-refractivity contribution in [3.63, 3.8) is 0 Å². The van der Waals surface area contributed by atoms with Gasteiger partial charge < -0.3 is 9.64 Å². The average Bonchev–Trinajstić information content (AvgIpc) is 2.90. The third kappa shape index (κ3) is 3.38. The van der Waals surface area contributed by atoms with Crippen LogP contribution in [0.2, 0.25) is 0 Å². The zero-order valence-electron chi connectivity index (χ0n) is 11.9. The van der Waals surface area contributed by atoms with E-state index in [2.05, 4.69) is 10.2 Å². The van der Waals surface area contributed by atoms with Gasteiger partial charge in [0.15, 0.2) is 5.69 Å². The Balaban J connectivity index is 2.34. The number of amides is 1. The first-order chi connectivity index (χ1) is 9.88. The van der Waals surface area contributed by atoms with Crippen molar-refractivity contribution in [2.24, 2.45) is 0 Å². The van der Waals surface area contributed by atoms with Gasteiger partial charge in [0.1, 0.15) is 4.90 Å². The first kappa shape index (κ1) is 16.3. The molecule has 7 nitrogen and oxygen atoms in total. The summed E-state index contributed by atoms with van der Waals surface area (Å²) in [5.74, 6) is -0.438. The smallest absolute Gasteiger partial charge is 0.275 e. The summed E-state index contributed by atoms with van der Waals surface area (Å²) in [7, 11) is 3.00. The van der Waals surface area contributed by atoms with Gasteiger partial charge in [0.05, 0.1) is 11.8 Å². The quantitative estimate of drug-likeness (QED) is 0.833. The van der Waals surface area contributed by atoms with Gasteiger partial charge in [-0.1, -0.05) is 6.92 Å². The normalized spacial score (nSPS) is 19.8. The van der Waals surface area contributed by atoms with E-state index in [0.29, 0.717) is 25.2 Å². The number of piperidine rings is 1. The van der Waals surface area contributed by atoms with Crippen LogP contribution in [-0.2, 0) is 20.2 Å². The van der Waals surface area contributed by atoms with E-state index in [1.807, 2.05) is 0 Å². The van der Waals surface area contributed by atoms with Gasteiger partial charge in [-0.15, -0.1) is 0 Å². The number of carbonyl (C=O) groups is 1. The van der Waals surface area contributed by atoms with E-state index in [-0.39, 0.29) is 16.7 Å². The maximum absolute atomic E-state index is 12.5. The molecule has 1 amide bonds. The van der Waals surface area contributed by atoms with Crippen LogP contribution >= 0.6 is 10.7 Å². The number of carbonyl (C=O) groups excluding carboxylic acids is 1. The third-order valence-electron chi connectivity index (χ3n) is 3.59. The Morgan fingerprint density at radius 3 is 2.86 bits per heavy atom. The number of halogens is 1. The van der Waals surface area contributed by atoms with Crippen molar-refractivity contribution in [3.05, 3.63) is 11.4 Å². The van der Waals surface area contributed by atoms with Crippen molar-refractivity contribution in [1.82, 2.24) is 15.1 Å². The Labute approximate surface area is 128 Å². The number of likely N-dealkylation sites (tertiary alicyclic amines) is 1. The standard InChI is InChI=1S/C12H18ClN3O4S/c1-3-9-11(21(13,18)19)10(15-14-9)12(17)16-6-4-5-8(7-16)20-2/h8H,3-7H2,1-2H3,(H,14,15). The molecule has 1 aliphatic heterocycles. The number of aromatic nitrogens is 2. The number of H-pyrrole nitrogens is 1. The summed E-state index contributed by atoms with van der Waals surface area (Å²) >= 11 is 0. The van der Waals surface area contributed by atoms with Crippen LogP contribution in [-0.4, -0.2) is 55.7 Å². The summed E-state index contributed by atoms with van der Waals surface area (Å²) < 4.78 is 28.7. The summed E-state index contributed by atoms with van der Waals surface area (Å²) in [6.07, 6.45) is 2.03. The highest BCUT2D eigenvalue weighted by Crippen LogP contribution is 2.25. The number of nitrogens with zero attached hydrogens (tertiary/aromatic N) is 2. The zero-order chi connectivity index (χ0) is 15.6. The molecule has 1 aromatic rings. The average molecular weight is 336 g/mol. The molecule has 9 heteroatoms. The Kier molecular flexibility index (Phi) is 4.90. The molecule has 0 bridgehead atoms. The Hall–Kier alpha value is -1.12. The van der Waals surface area contributed by atoms with Gasteiger partial charge in [-0.2, -0.15) is 5.10 Å². The molecule has 118 valence electrons. The molecule has 0 aromatic carbocycles. The number of aromatic amines is 1. The second-order valence-corrected chi connectivity index (χ2v) is 7.43. The van der Waals surface area contributed by atoms with Crippen molar-refractivity contribution in [1.29, 1.82) is 0 Å². The van der Waals surface area contributed by atoms with Crippen molar-refractivity contribution in [2.45, 2.75) is 37.2 Å². The van der Waals surface area contributed by atoms with Gasteiger partial charge in [0.2, 0.25) is 0 Å². The van der Waals surface area contributed by atoms with Crippen LogP contribution in [0.3, 0.4) is 0 Å². The second-order valence-electron chi connectivity index (χ2n) is 4.92. The van der Waals surface area contributed by atoms with E-state index in [1.165, 1.54) is 0 Å². The molecule has 1 aromatic heterocycles. The molecular formula is C12H18ClN3O4S. The number of ether oxygens (including phenoxy) is 1. The lowest BCUT2D eigenvalue weighted by atomic mass is 10.1. The summed E-state index contributed by atoms with van der Waals surface area (Å²) in [4.78, 5) is 13.9. The van der Waals surface area contributed by atoms with Crippen LogP contribution in [0.25, 0.3) is 0 Å². The Morgan fingerprint density at radius 1 is 1.57 bits per heavy atom. The van der Waals surface area contributed by atoms with Crippen molar-refractivity contribution in [3.8, 4) is 0 Å². The molecule has 0 spiro atoms. The number of hydrogen-bond acceptors (Lipinski definition) is 5. The first-order valence-corrected chi connectivity index (χ1v) is 9.03. The minimum Gasteiger partial charge on any atom is -0.380 e. The molecule has 1 saturated heterocycles. The Morgan fingerprint density at radius 2 is 2.29 bits per heavy atom. The fourth-order valence-electron chi connectivity index (χ4n) is 2.48. The number of aryl methyl sites for hydroxylation is 1. The lowest BCUT2D eigenvalue weighted by molar-refractivity contribution is 0.0263. The lowest BCUT2D eigenvalue weighted by Crippen LogP contribution is -2.43. The van der Waals surface area contributed by atoms with E-state index in [9.17, 15) is 13.2 Å². The maximum atomic E-state index is 12.5. The van der Waals surface area contributed by atoms with E-state index in [4.69, 9.17) is 15.4 Å². The van der Waals surface area contributed by atoms with E-state index in [0.717, 1.165) is 12.8 Å². The van der Waals surface area contributed by atoms with Crippen LogP contribution in [0.4, 0.5) is 0 Å². The topological polar surface area (TPSA) is 92.4 Å².